The third-order valence-corrected chi connectivity index (χ3v) is 5.51. The summed E-state index contributed by atoms with van der Waals surface area (Å²) in [6, 6.07) is 9.90. The number of hydrogen-bond donors (Lipinski definition) is 3. The number of benzene rings is 1. The molecule has 1 fully saturated rings. The normalized spacial score (nSPS) is 17.8. The van der Waals surface area contributed by atoms with Crippen molar-refractivity contribution in [1.29, 1.82) is 5.26 Å². The Hall–Kier alpha value is -2.92. The van der Waals surface area contributed by atoms with Crippen LogP contribution in [0, 0.1) is 16.7 Å². The molecule has 0 aromatic heterocycles. The number of carbonyl (C=O) groups excluding carboxylic acids is 2. The highest BCUT2D eigenvalue weighted by atomic mass is 16.2. The van der Waals surface area contributed by atoms with Gasteiger partial charge in [-0.3, -0.25) is 15.1 Å². The Morgan fingerprint density at radius 2 is 1.88 bits per heavy atom. The number of nitrogens with one attached hydrogen (secondary N) is 2. The van der Waals surface area contributed by atoms with E-state index in [1.807, 2.05) is 39.0 Å². The summed E-state index contributed by atoms with van der Waals surface area (Å²) in [4.78, 5) is 31.9. The second-order valence-electron chi connectivity index (χ2n) is 9.64. The Labute approximate surface area is 191 Å². The van der Waals surface area contributed by atoms with Crippen molar-refractivity contribution in [2.24, 2.45) is 16.1 Å². The third kappa shape index (κ3) is 7.65. The number of amidine groups is 1. The van der Waals surface area contributed by atoms with Gasteiger partial charge in [0.15, 0.2) is 0 Å². The van der Waals surface area contributed by atoms with Crippen LogP contribution in [0.4, 0.5) is 4.79 Å². The highest BCUT2D eigenvalue weighted by molar-refractivity contribution is 6.08. The van der Waals surface area contributed by atoms with Crippen LogP contribution in [0.1, 0.15) is 58.9 Å². The van der Waals surface area contributed by atoms with E-state index in [0.29, 0.717) is 24.8 Å². The molecule has 0 aliphatic carbocycles. The van der Waals surface area contributed by atoms with Gasteiger partial charge < -0.3 is 16.0 Å². The molecule has 0 radical (unpaired) electrons. The molecule has 1 aliphatic heterocycles. The number of likely N-dealkylation sites (tertiary alicyclic amines) is 1. The summed E-state index contributed by atoms with van der Waals surface area (Å²) in [7, 11) is 0. The number of amides is 3. The minimum absolute atomic E-state index is 0.204. The molecule has 1 aliphatic rings. The molecule has 32 heavy (non-hydrogen) atoms. The highest BCUT2D eigenvalue weighted by Gasteiger charge is 2.38. The first kappa shape index (κ1) is 25.3. The molecule has 1 atom stereocenters. The molecule has 1 heterocycles. The number of nitrogens with zero attached hydrogens (tertiary/aromatic N) is 3. The van der Waals surface area contributed by atoms with Crippen LogP contribution in [0.25, 0.3) is 0 Å². The Bertz CT molecular complexity index is 845. The molecule has 0 spiro atoms. The average Bonchev–Trinajstić information content (AvgIpc) is 2.74. The Morgan fingerprint density at radius 1 is 1.25 bits per heavy atom. The van der Waals surface area contributed by atoms with Crippen LogP contribution in [0.2, 0.25) is 0 Å². The molecular formula is C24H36N6O2. The van der Waals surface area contributed by atoms with Gasteiger partial charge in [-0.1, -0.05) is 58.0 Å². The highest BCUT2D eigenvalue weighted by Crippen LogP contribution is 2.26. The van der Waals surface area contributed by atoms with Gasteiger partial charge in [0, 0.05) is 18.7 Å². The minimum Gasteiger partial charge on any atom is -0.351 e. The van der Waals surface area contributed by atoms with Crippen LogP contribution in [0.15, 0.2) is 35.3 Å². The second kappa shape index (κ2) is 11.1. The van der Waals surface area contributed by atoms with Crippen molar-refractivity contribution in [2.75, 3.05) is 19.6 Å². The summed E-state index contributed by atoms with van der Waals surface area (Å²) >= 11 is 0. The minimum atomic E-state index is -0.906. The SMILES string of the molecule is CCCN1CCC(C#N)(NC(=O)C(CC(C)(C)C)N=C(NC(N)=O)c2ccccc2)CC1. The molecule has 3 amide bonds. The molecule has 8 heteroatoms. The van der Waals surface area contributed by atoms with Crippen molar-refractivity contribution in [3.05, 3.63) is 35.9 Å². The van der Waals surface area contributed by atoms with Gasteiger partial charge in [-0.25, -0.2) is 4.79 Å². The van der Waals surface area contributed by atoms with Crippen LogP contribution in [0.5, 0.6) is 0 Å². The summed E-state index contributed by atoms with van der Waals surface area (Å²) in [5.74, 6) is -0.0728. The topological polar surface area (TPSA) is 124 Å². The van der Waals surface area contributed by atoms with E-state index in [2.05, 4.69) is 33.5 Å². The molecule has 8 nitrogen and oxygen atoms in total. The molecule has 174 valence electrons. The summed E-state index contributed by atoms with van der Waals surface area (Å²) in [6.45, 7) is 10.7. The number of carbonyl (C=O) groups is 2. The average molecular weight is 441 g/mol. The summed E-state index contributed by atoms with van der Waals surface area (Å²) in [5, 5.41) is 15.5. The number of urea groups is 1. The summed E-state index contributed by atoms with van der Waals surface area (Å²) in [6.07, 6.45) is 2.65. The lowest BCUT2D eigenvalue weighted by Gasteiger charge is -2.38. The van der Waals surface area contributed by atoms with Crippen molar-refractivity contribution < 1.29 is 9.59 Å². The van der Waals surface area contributed by atoms with Crippen molar-refractivity contribution in [3.8, 4) is 6.07 Å². The molecule has 2 rings (SSSR count). The van der Waals surface area contributed by atoms with E-state index in [1.54, 1.807) is 12.1 Å². The largest absolute Gasteiger partial charge is 0.351 e. The molecule has 0 bridgehead atoms. The Morgan fingerprint density at radius 3 is 2.38 bits per heavy atom. The maximum absolute atomic E-state index is 13.4. The van der Waals surface area contributed by atoms with Gasteiger partial charge in [-0.05, 0) is 37.6 Å². The summed E-state index contributed by atoms with van der Waals surface area (Å²) < 4.78 is 0. The van der Waals surface area contributed by atoms with Crippen molar-refractivity contribution in [2.45, 2.75) is 65.0 Å². The third-order valence-electron chi connectivity index (χ3n) is 5.51. The van der Waals surface area contributed by atoms with Gasteiger partial charge >= 0.3 is 6.03 Å². The van der Waals surface area contributed by atoms with E-state index in [0.717, 1.165) is 26.1 Å². The first-order valence-electron chi connectivity index (χ1n) is 11.2. The number of primary amides is 1. The van der Waals surface area contributed by atoms with E-state index in [-0.39, 0.29) is 17.2 Å². The fraction of sp³-hybridized carbons (Fsp3) is 0.583. The lowest BCUT2D eigenvalue weighted by molar-refractivity contribution is -0.124. The molecule has 1 unspecified atom stereocenters. The number of rotatable bonds is 7. The van der Waals surface area contributed by atoms with Crippen molar-refractivity contribution in [1.82, 2.24) is 15.5 Å². The lowest BCUT2D eigenvalue weighted by Crippen LogP contribution is -2.56. The van der Waals surface area contributed by atoms with Crippen molar-refractivity contribution in [3.63, 3.8) is 0 Å². The van der Waals surface area contributed by atoms with Gasteiger partial charge in [0.2, 0.25) is 5.91 Å². The Kier molecular flexibility index (Phi) is 8.79. The predicted octanol–water partition coefficient (Wildman–Crippen LogP) is 2.79. The molecule has 1 aromatic rings. The molecule has 4 N–H and O–H groups in total. The van der Waals surface area contributed by atoms with Crippen molar-refractivity contribution >= 4 is 17.8 Å². The smallest absolute Gasteiger partial charge is 0.317 e. The maximum atomic E-state index is 13.4. The molecule has 1 saturated heterocycles. The maximum Gasteiger partial charge on any atom is 0.317 e. The Balaban J connectivity index is 2.30. The predicted molar refractivity (Wildman–Crippen MR) is 126 cm³/mol. The van der Waals surface area contributed by atoms with Gasteiger partial charge in [0.1, 0.15) is 17.4 Å². The van der Waals surface area contributed by atoms with Crippen LogP contribution in [-0.4, -0.2) is 53.9 Å². The van der Waals surface area contributed by atoms with Gasteiger partial charge in [0.05, 0.1) is 6.07 Å². The zero-order valence-corrected chi connectivity index (χ0v) is 19.6. The van der Waals surface area contributed by atoms with Crippen LogP contribution in [0.3, 0.4) is 0 Å². The van der Waals surface area contributed by atoms with E-state index in [9.17, 15) is 14.9 Å². The first-order chi connectivity index (χ1) is 15.1. The fourth-order valence-corrected chi connectivity index (χ4v) is 3.88. The zero-order valence-electron chi connectivity index (χ0n) is 19.6. The second-order valence-corrected chi connectivity index (χ2v) is 9.64. The van der Waals surface area contributed by atoms with E-state index in [1.165, 1.54) is 0 Å². The van der Waals surface area contributed by atoms with E-state index in [4.69, 9.17) is 5.73 Å². The van der Waals surface area contributed by atoms with Crippen LogP contribution in [-0.2, 0) is 4.79 Å². The summed E-state index contributed by atoms with van der Waals surface area (Å²) in [5.41, 5.74) is 4.90. The number of hydrogen-bond acceptors (Lipinski definition) is 5. The van der Waals surface area contributed by atoms with Gasteiger partial charge in [0.25, 0.3) is 0 Å². The van der Waals surface area contributed by atoms with Crippen LogP contribution < -0.4 is 16.4 Å². The van der Waals surface area contributed by atoms with E-state index < -0.39 is 17.6 Å². The van der Waals surface area contributed by atoms with Crippen LogP contribution >= 0.6 is 0 Å². The molecule has 0 saturated carbocycles. The fourth-order valence-electron chi connectivity index (χ4n) is 3.88. The van der Waals surface area contributed by atoms with Gasteiger partial charge in [-0.2, -0.15) is 5.26 Å². The molecule has 1 aromatic carbocycles. The zero-order chi connectivity index (χ0) is 23.8. The quantitative estimate of drug-likeness (QED) is 0.445. The van der Waals surface area contributed by atoms with E-state index >= 15 is 0 Å². The standard InChI is InChI=1S/C24H36N6O2/c1-5-13-30-14-11-24(17-25,12-15-30)29-21(31)19(16-23(2,3)4)27-20(28-22(26)32)18-9-7-6-8-10-18/h6-10,19H,5,11-16H2,1-4H3,(H,29,31)(H3,26,27,28,32). The number of nitriles is 1. The monoisotopic (exact) mass is 440 g/mol. The number of nitrogens with two attached hydrogens (primary N) is 1. The molecular weight excluding hydrogens is 404 g/mol. The van der Waals surface area contributed by atoms with Gasteiger partial charge in [-0.15, -0.1) is 0 Å². The lowest BCUT2D eigenvalue weighted by atomic mass is 9.85. The number of aliphatic imine (C=N–C) groups is 1. The first-order valence-corrected chi connectivity index (χ1v) is 11.2. The number of piperidine rings is 1.